The van der Waals surface area contributed by atoms with Crippen LogP contribution in [0.15, 0.2) is 6.33 Å². The number of ketones is 1. The third-order valence-electron chi connectivity index (χ3n) is 1.55. The minimum absolute atomic E-state index is 0.205. The molecule has 1 aromatic heterocycles. The molecule has 0 aliphatic rings. The van der Waals surface area contributed by atoms with Crippen LogP contribution in [0.2, 0.25) is 0 Å². The van der Waals surface area contributed by atoms with Crippen LogP contribution in [0.5, 0.6) is 0 Å². The van der Waals surface area contributed by atoms with Crippen LogP contribution in [-0.4, -0.2) is 31.6 Å². The average Bonchev–Trinajstić information content (AvgIpc) is 2.51. The topological polar surface area (TPSA) is 85.1 Å². The van der Waals surface area contributed by atoms with E-state index in [1.165, 1.54) is 11.0 Å². The summed E-state index contributed by atoms with van der Waals surface area (Å²) in [4.78, 5) is 24.8. The predicted molar refractivity (Wildman–Crippen MR) is 42.0 cm³/mol. The number of carbonyl (C=O) groups excluding carboxylic acids is 1. The van der Waals surface area contributed by atoms with Gasteiger partial charge in [0.25, 0.3) is 0 Å². The zero-order chi connectivity index (χ0) is 9.84. The Labute approximate surface area is 74.2 Å². The summed E-state index contributed by atoms with van der Waals surface area (Å²) in [5.74, 6) is -1.93. The van der Waals surface area contributed by atoms with Gasteiger partial charge in [-0.1, -0.05) is 0 Å². The molecule has 6 nitrogen and oxygen atoms in total. The van der Waals surface area contributed by atoms with E-state index in [2.05, 4.69) is 10.1 Å². The van der Waals surface area contributed by atoms with E-state index in [0.717, 1.165) is 0 Å². The van der Waals surface area contributed by atoms with Crippen LogP contribution >= 0.6 is 0 Å². The molecule has 6 heteroatoms. The molecule has 0 bridgehead atoms. The Bertz CT molecular complexity index is 331. The number of carbonyl (C=O) groups is 2. The number of carboxylic acids is 1. The van der Waals surface area contributed by atoms with Gasteiger partial charge in [0.15, 0.2) is 0 Å². The largest absolute Gasteiger partial charge is 0.475 e. The van der Waals surface area contributed by atoms with Crippen LogP contribution in [-0.2, 0) is 22.6 Å². The van der Waals surface area contributed by atoms with Crippen molar-refractivity contribution in [3.05, 3.63) is 12.2 Å². The van der Waals surface area contributed by atoms with E-state index in [1.54, 1.807) is 0 Å². The first-order chi connectivity index (χ1) is 6.15. The Morgan fingerprint density at radius 2 is 2.31 bits per heavy atom. The summed E-state index contributed by atoms with van der Waals surface area (Å²) in [5.41, 5.74) is 0. The summed E-state index contributed by atoms with van der Waals surface area (Å²) in [6.07, 6.45) is 1.09. The van der Waals surface area contributed by atoms with Gasteiger partial charge in [0.2, 0.25) is 5.78 Å². The molecule has 0 atom stereocenters. The van der Waals surface area contributed by atoms with Crippen LogP contribution in [0, 0.1) is 0 Å². The minimum Gasteiger partial charge on any atom is -0.475 e. The predicted octanol–water partition coefficient (Wildman–Crippen LogP) is -0.506. The summed E-state index contributed by atoms with van der Waals surface area (Å²) in [5, 5.41) is 12.1. The quantitative estimate of drug-likeness (QED) is 0.635. The van der Waals surface area contributed by atoms with Crippen molar-refractivity contribution in [2.24, 2.45) is 0 Å². The number of hydrogen-bond donors (Lipinski definition) is 1. The number of nitrogens with zero attached hydrogens (tertiary/aromatic N) is 3. The van der Waals surface area contributed by atoms with Crippen LogP contribution in [0.25, 0.3) is 0 Å². The maximum Gasteiger partial charge on any atom is 0.372 e. The van der Waals surface area contributed by atoms with Crippen molar-refractivity contribution in [3.63, 3.8) is 0 Å². The van der Waals surface area contributed by atoms with Gasteiger partial charge >= 0.3 is 5.97 Å². The highest BCUT2D eigenvalue weighted by Gasteiger charge is 2.15. The third kappa shape index (κ3) is 2.11. The van der Waals surface area contributed by atoms with Crippen molar-refractivity contribution in [2.75, 3.05) is 0 Å². The molecular weight excluding hydrogens is 174 g/mol. The molecule has 1 N–H and O–H groups in total. The van der Waals surface area contributed by atoms with Crippen LogP contribution < -0.4 is 0 Å². The van der Waals surface area contributed by atoms with Gasteiger partial charge in [-0.05, 0) is 6.92 Å². The Morgan fingerprint density at radius 1 is 1.62 bits per heavy atom. The Kier molecular flexibility index (Phi) is 2.73. The molecule has 1 rings (SSSR count). The SMILES string of the molecule is CCn1ncnc1CC(=O)C(=O)O. The molecule has 0 amide bonds. The lowest BCUT2D eigenvalue weighted by Gasteiger charge is -1.98. The lowest BCUT2D eigenvalue weighted by Crippen LogP contribution is -2.18. The standard InChI is InChI=1S/C7H9N3O3/c1-2-10-6(8-4-9-10)3-5(11)7(12)13/h4H,2-3H2,1H3,(H,12,13). The first kappa shape index (κ1) is 9.37. The maximum atomic E-state index is 10.8. The van der Waals surface area contributed by atoms with Crippen molar-refractivity contribution in [2.45, 2.75) is 19.9 Å². The summed E-state index contributed by atoms with van der Waals surface area (Å²) in [6, 6.07) is 0. The van der Waals surface area contributed by atoms with E-state index in [0.29, 0.717) is 12.4 Å². The second kappa shape index (κ2) is 3.79. The van der Waals surface area contributed by atoms with Crippen molar-refractivity contribution >= 4 is 11.8 Å². The molecule has 0 unspecified atom stereocenters. The molecule has 0 radical (unpaired) electrons. The zero-order valence-electron chi connectivity index (χ0n) is 7.10. The highest BCUT2D eigenvalue weighted by molar-refractivity contribution is 6.33. The van der Waals surface area contributed by atoms with Crippen molar-refractivity contribution < 1.29 is 14.7 Å². The molecule has 0 aliphatic heterocycles. The van der Waals surface area contributed by atoms with Gasteiger partial charge in [-0.2, -0.15) is 5.10 Å². The van der Waals surface area contributed by atoms with E-state index < -0.39 is 11.8 Å². The second-order valence-electron chi connectivity index (χ2n) is 2.40. The number of carboxylic acid groups (broad SMARTS) is 1. The van der Waals surface area contributed by atoms with Gasteiger partial charge in [-0.15, -0.1) is 0 Å². The summed E-state index contributed by atoms with van der Waals surface area (Å²) in [6.45, 7) is 2.41. The van der Waals surface area contributed by atoms with E-state index in [1.807, 2.05) is 6.92 Å². The van der Waals surface area contributed by atoms with Gasteiger partial charge in [0.1, 0.15) is 12.2 Å². The monoisotopic (exact) mass is 183 g/mol. The number of aromatic nitrogens is 3. The Morgan fingerprint density at radius 3 is 2.85 bits per heavy atom. The first-order valence-corrected chi connectivity index (χ1v) is 3.78. The Balaban J connectivity index is 2.74. The van der Waals surface area contributed by atoms with Gasteiger partial charge < -0.3 is 5.11 Å². The second-order valence-corrected chi connectivity index (χ2v) is 2.40. The van der Waals surface area contributed by atoms with Crippen molar-refractivity contribution in [3.8, 4) is 0 Å². The van der Waals surface area contributed by atoms with E-state index >= 15 is 0 Å². The van der Waals surface area contributed by atoms with E-state index in [4.69, 9.17) is 5.11 Å². The van der Waals surface area contributed by atoms with Gasteiger partial charge in [-0.25, -0.2) is 14.5 Å². The van der Waals surface area contributed by atoms with Crippen molar-refractivity contribution in [1.29, 1.82) is 0 Å². The molecule has 0 saturated heterocycles. The lowest BCUT2D eigenvalue weighted by molar-refractivity contribution is -0.148. The number of hydrogen-bond acceptors (Lipinski definition) is 4. The molecular formula is C7H9N3O3. The number of Topliss-reactive ketones (excluding diaryl/α,β-unsaturated/α-hetero) is 1. The minimum atomic E-state index is -1.44. The van der Waals surface area contributed by atoms with E-state index in [-0.39, 0.29) is 6.42 Å². The fraction of sp³-hybridized carbons (Fsp3) is 0.429. The third-order valence-corrected chi connectivity index (χ3v) is 1.55. The van der Waals surface area contributed by atoms with E-state index in [9.17, 15) is 9.59 Å². The summed E-state index contributed by atoms with van der Waals surface area (Å²) >= 11 is 0. The van der Waals surface area contributed by atoms with Gasteiger partial charge in [0.05, 0.1) is 6.42 Å². The smallest absolute Gasteiger partial charge is 0.372 e. The molecule has 0 aliphatic carbocycles. The van der Waals surface area contributed by atoms with Crippen LogP contribution in [0.4, 0.5) is 0 Å². The molecule has 1 aromatic rings. The highest BCUT2D eigenvalue weighted by atomic mass is 16.4. The zero-order valence-corrected chi connectivity index (χ0v) is 7.10. The molecule has 0 fully saturated rings. The van der Waals surface area contributed by atoms with Crippen molar-refractivity contribution in [1.82, 2.24) is 14.8 Å². The van der Waals surface area contributed by atoms with Crippen LogP contribution in [0.1, 0.15) is 12.7 Å². The fourth-order valence-electron chi connectivity index (χ4n) is 0.908. The number of aliphatic carboxylic acids is 1. The molecule has 0 aromatic carbocycles. The molecule has 1 heterocycles. The number of aryl methyl sites for hydroxylation is 1. The number of rotatable bonds is 4. The molecule has 0 spiro atoms. The lowest BCUT2D eigenvalue weighted by atomic mass is 10.3. The van der Waals surface area contributed by atoms with Gasteiger partial charge in [-0.3, -0.25) is 4.79 Å². The molecule has 0 saturated carbocycles. The van der Waals surface area contributed by atoms with Crippen LogP contribution in [0.3, 0.4) is 0 Å². The normalized spacial score (nSPS) is 9.92. The van der Waals surface area contributed by atoms with Gasteiger partial charge in [0, 0.05) is 6.54 Å². The summed E-state index contributed by atoms with van der Waals surface area (Å²) in [7, 11) is 0. The highest BCUT2D eigenvalue weighted by Crippen LogP contribution is 1.96. The first-order valence-electron chi connectivity index (χ1n) is 3.78. The fourth-order valence-corrected chi connectivity index (χ4v) is 0.908. The maximum absolute atomic E-state index is 10.8. The molecule has 70 valence electrons. The average molecular weight is 183 g/mol. The summed E-state index contributed by atoms with van der Waals surface area (Å²) < 4.78 is 1.49. The molecule has 13 heavy (non-hydrogen) atoms. The Hall–Kier alpha value is -1.72.